The van der Waals surface area contributed by atoms with Gasteiger partial charge in [0.05, 0.1) is 11.6 Å². The molecule has 27 heavy (non-hydrogen) atoms. The second-order valence-corrected chi connectivity index (χ2v) is 8.80. The molecule has 1 aliphatic heterocycles. The standard InChI is InChI=1S/C18H23ClN4O3S/c19-16-7-6-15(18(24)20-9-13-22-10-5-8-21-22)14-17(16)27(25,26)23-11-3-1-2-4-12-23/h5-8,10,14H,1-4,9,11-13H2,(H,20,24). The van der Waals surface area contributed by atoms with Gasteiger partial charge >= 0.3 is 0 Å². The topological polar surface area (TPSA) is 84.3 Å². The Hall–Kier alpha value is -1.90. The third-order valence-corrected chi connectivity index (χ3v) is 6.94. The Morgan fingerprint density at radius 2 is 1.93 bits per heavy atom. The second kappa shape index (κ2) is 8.86. The van der Waals surface area contributed by atoms with Crippen LogP contribution in [0.2, 0.25) is 5.02 Å². The van der Waals surface area contributed by atoms with Gasteiger partial charge in [-0.25, -0.2) is 8.42 Å². The summed E-state index contributed by atoms with van der Waals surface area (Å²) in [5.41, 5.74) is 0.272. The zero-order valence-electron chi connectivity index (χ0n) is 15.0. The van der Waals surface area contributed by atoms with E-state index in [1.165, 1.54) is 22.5 Å². The summed E-state index contributed by atoms with van der Waals surface area (Å²) in [6.07, 6.45) is 7.20. The van der Waals surface area contributed by atoms with Crippen molar-refractivity contribution < 1.29 is 13.2 Å². The van der Waals surface area contributed by atoms with Crippen LogP contribution in [0.4, 0.5) is 0 Å². The Labute approximate surface area is 164 Å². The van der Waals surface area contributed by atoms with Crippen molar-refractivity contribution >= 4 is 27.5 Å². The van der Waals surface area contributed by atoms with Crippen LogP contribution in [0.3, 0.4) is 0 Å². The van der Waals surface area contributed by atoms with Crippen molar-refractivity contribution in [1.29, 1.82) is 0 Å². The monoisotopic (exact) mass is 410 g/mol. The molecule has 1 aliphatic rings. The summed E-state index contributed by atoms with van der Waals surface area (Å²) >= 11 is 6.17. The first kappa shape index (κ1) is 19.9. The Balaban J connectivity index is 1.73. The van der Waals surface area contributed by atoms with Gasteiger partial charge in [0, 0.05) is 37.6 Å². The number of aromatic nitrogens is 2. The minimum atomic E-state index is -3.72. The number of rotatable bonds is 6. The number of hydrogen-bond acceptors (Lipinski definition) is 4. The maximum atomic E-state index is 13.0. The van der Waals surface area contributed by atoms with Crippen molar-refractivity contribution in [1.82, 2.24) is 19.4 Å². The molecule has 7 nitrogen and oxygen atoms in total. The van der Waals surface area contributed by atoms with Gasteiger partial charge in [0.25, 0.3) is 5.91 Å². The summed E-state index contributed by atoms with van der Waals surface area (Å²) < 4.78 is 29.2. The summed E-state index contributed by atoms with van der Waals surface area (Å²) in [4.78, 5) is 12.4. The fraction of sp³-hybridized carbons (Fsp3) is 0.444. The molecule has 1 fully saturated rings. The number of nitrogens with zero attached hydrogens (tertiary/aromatic N) is 3. The molecule has 1 amide bonds. The van der Waals surface area contributed by atoms with E-state index >= 15 is 0 Å². The number of amides is 1. The van der Waals surface area contributed by atoms with Gasteiger partial charge in [-0.15, -0.1) is 0 Å². The Morgan fingerprint density at radius 3 is 2.59 bits per heavy atom. The van der Waals surface area contributed by atoms with E-state index in [-0.39, 0.29) is 21.4 Å². The fourth-order valence-electron chi connectivity index (χ4n) is 3.08. The highest BCUT2D eigenvalue weighted by Crippen LogP contribution is 2.27. The molecule has 9 heteroatoms. The molecular weight excluding hydrogens is 388 g/mol. The molecule has 146 valence electrons. The summed E-state index contributed by atoms with van der Waals surface area (Å²) in [5.74, 6) is -0.342. The molecular formula is C18H23ClN4O3S. The van der Waals surface area contributed by atoms with Crippen LogP contribution in [0.5, 0.6) is 0 Å². The number of hydrogen-bond donors (Lipinski definition) is 1. The van der Waals surface area contributed by atoms with E-state index < -0.39 is 10.0 Å². The number of benzene rings is 1. The number of halogens is 1. The van der Waals surface area contributed by atoms with Crippen molar-refractivity contribution in [2.24, 2.45) is 0 Å². The molecule has 0 unspecified atom stereocenters. The lowest BCUT2D eigenvalue weighted by Gasteiger charge is -2.21. The zero-order valence-corrected chi connectivity index (χ0v) is 16.5. The molecule has 0 aliphatic carbocycles. The average Bonchev–Trinajstić information content (AvgIpc) is 3.00. The first-order valence-electron chi connectivity index (χ1n) is 9.04. The number of carbonyl (C=O) groups is 1. The molecule has 1 N–H and O–H groups in total. The molecule has 0 saturated carbocycles. The molecule has 0 radical (unpaired) electrons. The number of sulfonamides is 1. The minimum Gasteiger partial charge on any atom is -0.350 e. The fourth-order valence-corrected chi connectivity index (χ4v) is 5.10. The lowest BCUT2D eigenvalue weighted by molar-refractivity contribution is 0.0951. The van der Waals surface area contributed by atoms with Gasteiger partial charge in [-0.2, -0.15) is 9.40 Å². The van der Waals surface area contributed by atoms with E-state index in [9.17, 15) is 13.2 Å². The van der Waals surface area contributed by atoms with Gasteiger partial charge in [-0.1, -0.05) is 24.4 Å². The van der Waals surface area contributed by atoms with E-state index in [0.717, 1.165) is 25.7 Å². The first-order chi connectivity index (χ1) is 13.0. The summed E-state index contributed by atoms with van der Waals surface area (Å²) in [5, 5.41) is 6.97. The molecule has 0 spiro atoms. The third kappa shape index (κ3) is 4.88. The zero-order chi connectivity index (χ0) is 19.3. The highest BCUT2D eigenvalue weighted by molar-refractivity contribution is 7.89. The summed E-state index contributed by atoms with van der Waals surface area (Å²) in [6.45, 7) is 1.89. The largest absolute Gasteiger partial charge is 0.350 e. The van der Waals surface area contributed by atoms with Crippen molar-refractivity contribution in [3.63, 3.8) is 0 Å². The van der Waals surface area contributed by atoms with Crippen LogP contribution in [0, 0.1) is 0 Å². The van der Waals surface area contributed by atoms with E-state index in [1.54, 1.807) is 23.1 Å². The molecule has 1 aromatic heterocycles. The molecule has 0 bridgehead atoms. The Bertz CT molecular complexity index is 876. The minimum absolute atomic E-state index is 0.00853. The molecule has 2 heterocycles. The van der Waals surface area contributed by atoms with Gasteiger partial charge in [-0.05, 0) is 37.1 Å². The Morgan fingerprint density at radius 1 is 1.19 bits per heavy atom. The molecule has 2 aromatic rings. The number of carbonyl (C=O) groups excluding carboxylic acids is 1. The highest BCUT2D eigenvalue weighted by atomic mass is 35.5. The van der Waals surface area contributed by atoms with Crippen molar-refractivity contribution in [2.75, 3.05) is 19.6 Å². The normalized spacial score (nSPS) is 16.0. The van der Waals surface area contributed by atoms with Crippen LogP contribution in [-0.4, -0.2) is 48.0 Å². The molecule has 1 saturated heterocycles. The van der Waals surface area contributed by atoms with Crippen LogP contribution in [0.25, 0.3) is 0 Å². The van der Waals surface area contributed by atoms with Crippen LogP contribution in [-0.2, 0) is 16.6 Å². The molecule has 0 atom stereocenters. The van der Waals surface area contributed by atoms with Crippen LogP contribution in [0.1, 0.15) is 36.0 Å². The van der Waals surface area contributed by atoms with Crippen LogP contribution < -0.4 is 5.32 Å². The van der Waals surface area contributed by atoms with E-state index in [2.05, 4.69) is 10.4 Å². The van der Waals surface area contributed by atoms with Crippen molar-refractivity contribution in [3.05, 3.63) is 47.2 Å². The molecule has 1 aromatic carbocycles. The Kier molecular flexibility index (Phi) is 6.51. The van der Waals surface area contributed by atoms with Gasteiger partial charge in [0.15, 0.2) is 0 Å². The maximum Gasteiger partial charge on any atom is 0.251 e. The quantitative estimate of drug-likeness (QED) is 0.793. The lowest BCUT2D eigenvalue weighted by Crippen LogP contribution is -2.32. The smallest absolute Gasteiger partial charge is 0.251 e. The lowest BCUT2D eigenvalue weighted by atomic mass is 10.2. The summed E-state index contributed by atoms with van der Waals surface area (Å²) in [6, 6.07) is 6.18. The third-order valence-electron chi connectivity index (χ3n) is 4.56. The SMILES string of the molecule is O=C(NCCn1cccn1)c1ccc(Cl)c(S(=O)(=O)N2CCCCCC2)c1. The van der Waals surface area contributed by atoms with Crippen LogP contribution in [0.15, 0.2) is 41.6 Å². The molecule has 3 rings (SSSR count). The van der Waals surface area contributed by atoms with Crippen molar-refractivity contribution in [2.45, 2.75) is 37.1 Å². The highest BCUT2D eigenvalue weighted by Gasteiger charge is 2.28. The van der Waals surface area contributed by atoms with E-state index in [1.807, 2.05) is 0 Å². The second-order valence-electron chi connectivity index (χ2n) is 6.49. The van der Waals surface area contributed by atoms with E-state index in [4.69, 9.17) is 11.6 Å². The van der Waals surface area contributed by atoms with Gasteiger partial charge < -0.3 is 5.32 Å². The number of nitrogens with one attached hydrogen (secondary N) is 1. The predicted octanol–water partition coefficient (Wildman–Crippen LogP) is 2.53. The maximum absolute atomic E-state index is 13.0. The van der Waals surface area contributed by atoms with Gasteiger partial charge in [0.1, 0.15) is 4.90 Å². The van der Waals surface area contributed by atoms with Gasteiger partial charge in [0.2, 0.25) is 10.0 Å². The summed E-state index contributed by atoms with van der Waals surface area (Å²) in [7, 11) is -3.72. The van der Waals surface area contributed by atoms with E-state index in [0.29, 0.717) is 26.2 Å². The van der Waals surface area contributed by atoms with Gasteiger partial charge in [-0.3, -0.25) is 9.48 Å². The first-order valence-corrected chi connectivity index (χ1v) is 10.9. The van der Waals surface area contributed by atoms with Crippen LogP contribution >= 0.6 is 11.6 Å². The van der Waals surface area contributed by atoms with Crippen molar-refractivity contribution in [3.8, 4) is 0 Å². The predicted molar refractivity (Wildman–Crippen MR) is 103 cm³/mol. The average molecular weight is 411 g/mol.